The maximum atomic E-state index is 13.8. The van der Waals surface area contributed by atoms with Crippen LogP contribution in [0.25, 0.3) is 22.6 Å². The number of imidazole rings is 1. The van der Waals surface area contributed by atoms with Gasteiger partial charge in [0.15, 0.2) is 0 Å². The number of fused-ring (bicyclic) bond motifs is 1. The van der Waals surface area contributed by atoms with Crippen LogP contribution in [0.5, 0.6) is 0 Å². The Labute approximate surface area is 238 Å². The van der Waals surface area contributed by atoms with Crippen molar-refractivity contribution in [1.29, 1.82) is 0 Å². The molecule has 6 rings (SSSR count). The molecule has 0 aliphatic carbocycles. The molecule has 0 atom stereocenters. The molecule has 0 saturated carbocycles. The highest BCUT2D eigenvalue weighted by atomic mass is 32.5. The number of carbonyl (C=O) groups excluding carboxylic acids is 1. The number of benzene rings is 2. The Morgan fingerprint density at radius 3 is 2.48 bits per heavy atom. The first kappa shape index (κ1) is 27.9. The molecule has 220 valence electrons. The first-order valence-corrected chi connectivity index (χ1v) is 15.2. The SMILES string of the molecule is Cc1ccc(NC(=O)c2cc(CN3CCCC3)cc(S(F)(F)(F)(F)F)c2)cc1-n1ccn2nc(-c3cccnc3)cc12. The Bertz CT molecular complexity index is 1810. The normalized spacial score (nSPS) is 16.0. The maximum absolute atomic E-state index is 13.8. The first-order valence-electron chi connectivity index (χ1n) is 13.2. The smallest absolute Gasteiger partial charge is 0.310 e. The highest BCUT2D eigenvalue weighted by Gasteiger charge is 2.65. The third kappa shape index (κ3) is 5.74. The third-order valence-corrected chi connectivity index (χ3v) is 8.41. The molecule has 13 heteroatoms. The van der Waals surface area contributed by atoms with Gasteiger partial charge in [-0.05, 0) is 86.4 Å². The lowest BCUT2D eigenvalue weighted by molar-refractivity contribution is 0.102. The standard InChI is InChI=1S/C29H27F5N6OS/c1-20-6-7-24(16-27(20)39-11-12-40-28(39)17-26(37-40)22-5-4-8-35-18-22)36-29(41)23-13-21(19-38-9-2-3-10-38)14-25(15-23)42(30,31,32,33)34/h4-8,11-18H,2-3,9-10,19H2,1H3,(H,36,41). The lowest BCUT2D eigenvalue weighted by atomic mass is 10.1. The van der Waals surface area contributed by atoms with E-state index in [4.69, 9.17) is 0 Å². The monoisotopic (exact) mass is 602 g/mol. The van der Waals surface area contributed by atoms with Crippen LogP contribution >= 0.6 is 10.2 Å². The molecule has 1 aliphatic heterocycles. The summed E-state index contributed by atoms with van der Waals surface area (Å²) in [7, 11) is -10.0. The number of anilines is 1. The molecule has 7 nitrogen and oxygen atoms in total. The summed E-state index contributed by atoms with van der Waals surface area (Å²) in [5, 5.41) is 7.18. The van der Waals surface area contributed by atoms with Gasteiger partial charge in [-0.1, -0.05) is 25.5 Å². The van der Waals surface area contributed by atoms with Gasteiger partial charge in [-0.15, -0.1) is 0 Å². The van der Waals surface area contributed by atoms with Crippen LogP contribution in [0.3, 0.4) is 0 Å². The summed E-state index contributed by atoms with van der Waals surface area (Å²) >= 11 is 0. The largest absolute Gasteiger partial charge is 0.322 e. The molecule has 0 spiro atoms. The van der Waals surface area contributed by atoms with Crippen molar-refractivity contribution in [2.45, 2.75) is 31.2 Å². The number of aromatic nitrogens is 4. The maximum Gasteiger partial charge on any atom is 0.310 e. The number of likely N-dealkylation sites (tertiary alicyclic amines) is 1. The lowest BCUT2D eigenvalue weighted by Gasteiger charge is -2.41. The number of halogens is 5. The summed E-state index contributed by atoms with van der Waals surface area (Å²) < 4.78 is 72.8. The Morgan fingerprint density at radius 2 is 1.76 bits per heavy atom. The molecule has 1 N–H and O–H groups in total. The zero-order chi connectivity index (χ0) is 29.8. The van der Waals surface area contributed by atoms with E-state index in [-0.39, 0.29) is 18.2 Å². The average molecular weight is 603 g/mol. The Hall–Kier alpha value is -4.23. The fourth-order valence-electron chi connectivity index (χ4n) is 5.19. The van der Waals surface area contributed by atoms with Gasteiger partial charge < -0.3 is 5.32 Å². The summed E-state index contributed by atoms with van der Waals surface area (Å²) in [5.74, 6) is -0.919. The molecule has 0 bridgehead atoms. The van der Waals surface area contributed by atoms with Gasteiger partial charge >= 0.3 is 10.2 Å². The van der Waals surface area contributed by atoms with Crippen LogP contribution in [0, 0.1) is 6.92 Å². The molecule has 1 aliphatic rings. The number of amides is 1. The average Bonchev–Trinajstić information content (AvgIpc) is 3.67. The number of hydrogen-bond acceptors (Lipinski definition) is 4. The van der Waals surface area contributed by atoms with Gasteiger partial charge in [-0.3, -0.25) is 19.2 Å². The number of hydrogen-bond donors (Lipinski definition) is 1. The predicted octanol–water partition coefficient (Wildman–Crippen LogP) is 8.00. The van der Waals surface area contributed by atoms with Crippen LogP contribution in [-0.4, -0.2) is 43.1 Å². The Balaban J connectivity index is 1.32. The van der Waals surface area contributed by atoms with Crippen LogP contribution in [0.1, 0.15) is 34.3 Å². The van der Waals surface area contributed by atoms with Crippen molar-refractivity contribution >= 4 is 27.5 Å². The summed E-state index contributed by atoms with van der Waals surface area (Å²) in [5.41, 5.74) is 3.64. The van der Waals surface area contributed by atoms with Gasteiger partial charge in [0, 0.05) is 54.2 Å². The fourth-order valence-corrected chi connectivity index (χ4v) is 5.92. The second kappa shape index (κ2) is 9.39. The molecular weight excluding hydrogens is 575 g/mol. The third-order valence-electron chi connectivity index (χ3n) is 7.28. The van der Waals surface area contributed by atoms with E-state index in [1.165, 1.54) is 6.07 Å². The van der Waals surface area contributed by atoms with Crippen LogP contribution in [-0.2, 0) is 6.54 Å². The molecule has 1 fully saturated rings. The fraction of sp³-hybridized carbons (Fsp3) is 0.207. The van der Waals surface area contributed by atoms with Crippen molar-refractivity contribution in [1.82, 2.24) is 24.1 Å². The zero-order valence-electron chi connectivity index (χ0n) is 22.5. The Kier molecular flexibility index (Phi) is 6.24. The summed E-state index contributed by atoms with van der Waals surface area (Å²) in [6, 6.07) is 12.6. The zero-order valence-corrected chi connectivity index (χ0v) is 23.3. The van der Waals surface area contributed by atoms with Crippen LogP contribution in [0.15, 0.2) is 84.3 Å². The molecule has 0 radical (unpaired) electrons. The van der Waals surface area contributed by atoms with Gasteiger partial charge in [0.05, 0.1) is 11.4 Å². The van der Waals surface area contributed by atoms with Crippen molar-refractivity contribution in [2.75, 3.05) is 18.4 Å². The van der Waals surface area contributed by atoms with E-state index >= 15 is 0 Å². The van der Waals surface area contributed by atoms with Gasteiger partial charge in [0.1, 0.15) is 10.5 Å². The Morgan fingerprint density at radius 1 is 0.976 bits per heavy atom. The number of aryl methyl sites for hydroxylation is 1. The van der Waals surface area contributed by atoms with Crippen molar-refractivity contribution < 1.29 is 24.2 Å². The molecule has 1 amide bonds. The molecule has 4 heterocycles. The van der Waals surface area contributed by atoms with E-state index in [0.717, 1.165) is 29.6 Å². The van der Waals surface area contributed by atoms with E-state index in [1.54, 1.807) is 47.5 Å². The van der Waals surface area contributed by atoms with Crippen molar-refractivity contribution in [3.05, 3.63) is 96.1 Å². The van der Waals surface area contributed by atoms with Gasteiger partial charge in [-0.2, -0.15) is 5.10 Å². The summed E-state index contributed by atoms with van der Waals surface area (Å²) in [6.07, 6.45) is 8.70. The minimum absolute atomic E-state index is 0.0114. The second-order valence-electron chi connectivity index (χ2n) is 10.5. The van der Waals surface area contributed by atoms with Crippen LogP contribution in [0.4, 0.5) is 25.1 Å². The molecule has 0 unspecified atom stereocenters. The lowest BCUT2D eigenvalue weighted by Crippen LogP contribution is -2.20. The highest BCUT2D eigenvalue weighted by Crippen LogP contribution is 3.02. The minimum Gasteiger partial charge on any atom is -0.322 e. The molecule has 42 heavy (non-hydrogen) atoms. The predicted molar refractivity (Wildman–Crippen MR) is 153 cm³/mol. The van der Waals surface area contributed by atoms with E-state index in [9.17, 15) is 24.2 Å². The molecule has 5 aromatic rings. The number of carbonyl (C=O) groups is 1. The summed E-state index contributed by atoms with van der Waals surface area (Å²) in [4.78, 5) is 17.1. The number of pyridine rings is 1. The van der Waals surface area contributed by atoms with Crippen LogP contribution in [0.2, 0.25) is 0 Å². The topological polar surface area (TPSA) is 67.5 Å². The highest BCUT2D eigenvalue weighted by molar-refractivity contribution is 8.45. The minimum atomic E-state index is -10.0. The van der Waals surface area contributed by atoms with Crippen molar-refractivity contribution in [2.24, 2.45) is 0 Å². The first-order chi connectivity index (χ1) is 19.7. The van der Waals surface area contributed by atoms with E-state index in [0.29, 0.717) is 36.2 Å². The van der Waals surface area contributed by atoms with Gasteiger partial charge in [0.25, 0.3) is 5.91 Å². The number of nitrogens with one attached hydrogen (secondary N) is 1. The van der Waals surface area contributed by atoms with E-state index in [2.05, 4.69) is 15.4 Å². The second-order valence-corrected chi connectivity index (χ2v) is 12.9. The molecular formula is C29H27F5N6OS. The number of nitrogens with zero attached hydrogens (tertiary/aromatic N) is 5. The van der Waals surface area contributed by atoms with Crippen LogP contribution < -0.4 is 5.32 Å². The van der Waals surface area contributed by atoms with E-state index < -0.39 is 26.6 Å². The molecule has 1 saturated heterocycles. The quantitative estimate of drug-likeness (QED) is 0.192. The van der Waals surface area contributed by atoms with Gasteiger partial charge in [-0.25, -0.2) is 4.52 Å². The van der Waals surface area contributed by atoms with E-state index in [1.807, 2.05) is 34.6 Å². The molecule has 2 aromatic carbocycles. The van der Waals surface area contributed by atoms with Crippen molar-refractivity contribution in [3.63, 3.8) is 0 Å². The van der Waals surface area contributed by atoms with Crippen molar-refractivity contribution in [3.8, 4) is 16.9 Å². The number of rotatable bonds is 7. The molecule has 3 aromatic heterocycles. The summed E-state index contributed by atoms with van der Waals surface area (Å²) in [6.45, 7) is 3.23. The van der Waals surface area contributed by atoms with Gasteiger partial charge in [0.2, 0.25) is 0 Å².